The van der Waals surface area contributed by atoms with Crippen LogP contribution in [0.1, 0.15) is 123 Å². The van der Waals surface area contributed by atoms with Gasteiger partial charge < -0.3 is 64.2 Å². The van der Waals surface area contributed by atoms with Gasteiger partial charge in [-0.2, -0.15) is 0 Å². The van der Waals surface area contributed by atoms with E-state index in [4.69, 9.17) is 28.4 Å². The number of hydrogen-bond acceptors (Lipinski definition) is 14. The van der Waals surface area contributed by atoms with E-state index in [0.29, 0.717) is 13.0 Å². The van der Waals surface area contributed by atoms with Crippen molar-refractivity contribution in [1.29, 1.82) is 0 Å². The van der Waals surface area contributed by atoms with Crippen molar-refractivity contribution >= 4 is 5.97 Å². The Labute approximate surface area is 358 Å². The molecular formula is C46H78O14. The number of unbranched alkanes of at least 4 members (excludes halogenated alkanes) is 9. The van der Waals surface area contributed by atoms with Crippen LogP contribution in [-0.4, -0.2) is 142 Å². The van der Waals surface area contributed by atoms with Crippen LogP contribution in [-0.2, 0) is 33.2 Å². The van der Waals surface area contributed by atoms with Gasteiger partial charge in [-0.05, 0) is 57.8 Å². The van der Waals surface area contributed by atoms with E-state index >= 15 is 0 Å². The van der Waals surface area contributed by atoms with Crippen molar-refractivity contribution in [3.63, 3.8) is 0 Å². The third-order valence-electron chi connectivity index (χ3n) is 10.3. The molecule has 0 aromatic rings. The molecule has 0 aromatic heterocycles. The van der Waals surface area contributed by atoms with Gasteiger partial charge in [0.1, 0.15) is 54.9 Å². The predicted octanol–water partition coefficient (Wildman–Crippen LogP) is 5.01. The molecule has 0 bridgehead atoms. The number of esters is 1. The van der Waals surface area contributed by atoms with Gasteiger partial charge in [-0.3, -0.25) is 4.79 Å². The van der Waals surface area contributed by atoms with Crippen LogP contribution in [0.15, 0.2) is 60.8 Å². The van der Waals surface area contributed by atoms with Crippen molar-refractivity contribution < 1.29 is 69.0 Å². The molecule has 0 amide bonds. The number of aliphatic hydroxyl groups excluding tert-OH is 7. The Morgan fingerprint density at radius 3 is 1.68 bits per heavy atom. The van der Waals surface area contributed by atoms with Gasteiger partial charge in [0.2, 0.25) is 0 Å². The minimum Gasteiger partial charge on any atom is -0.457 e. The lowest BCUT2D eigenvalue weighted by atomic mass is 9.98. The molecule has 11 atom stereocenters. The Balaban J connectivity index is 1.69. The van der Waals surface area contributed by atoms with Gasteiger partial charge in [0.25, 0.3) is 0 Å². The maximum Gasteiger partial charge on any atom is 0.306 e. The first kappa shape index (κ1) is 53.8. The fourth-order valence-corrected chi connectivity index (χ4v) is 6.60. The molecule has 0 aliphatic carbocycles. The number of aliphatic hydroxyl groups is 7. The average Bonchev–Trinajstić information content (AvgIpc) is 3.24. The summed E-state index contributed by atoms with van der Waals surface area (Å²) in [5.41, 5.74) is 0. The standard InChI is InChI=1S/C46H78O14/c1-3-5-7-9-10-11-12-13-14-15-16-17-18-19-20-21-22-23-24-25-26-28-30-55-32-35(58-38(48)29-27-8-6-4-2)33-56-45-44(54)42(52)40(50)37(60-45)34-57-46-43(53)41(51)39(49)36(31-47)59-46/h5,7,10-11,13-14,16-17,19-20,35-37,39-47,49-54H,3-4,6,8-9,12,15,18,21-34H2,1-2H3/b7-5-,11-10-,14-13-,17-16-,20-19-. The molecule has 14 heteroatoms. The second-order valence-corrected chi connectivity index (χ2v) is 15.5. The van der Waals surface area contributed by atoms with E-state index in [1.54, 1.807) is 0 Å². The molecule has 2 heterocycles. The zero-order valence-electron chi connectivity index (χ0n) is 36.2. The molecule has 2 saturated heterocycles. The first-order chi connectivity index (χ1) is 29.1. The predicted molar refractivity (Wildman–Crippen MR) is 229 cm³/mol. The van der Waals surface area contributed by atoms with Crippen molar-refractivity contribution in [2.75, 3.05) is 33.0 Å². The lowest BCUT2D eigenvalue weighted by Crippen LogP contribution is -2.61. The molecule has 2 aliphatic rings. The highest BCUT2D eigenvalue weighted by Gasteiger charge is 2.47. The highest BCUT2D eigenvalue weighted by Crippen LogP contribution is 2.26. The van der Waals surface area contributed by atoms with Gasteiger partial charge in [-0.1, -0.05) is 120 Å². The SMILES string of the molecule is CC/C=C\C/C=C\C/C=C\C/C=C\C/C=C\CCCCCCCCOCC(COC1OC(COC2OC(CO)C(O)C(O)C2O)C(O)C(O)C1O)OC(=O)CCCCCC. The van der Waals surface area contributed by atoms with Crippen molar-refractivity contribution in [3.05, 3.63) is 60.8 Å². The Morgan fingerprint density at radius 2 is 1.08 bits per heavy atom. The second kappa shape index (κ2) is 34.2. The van der Waals surface area contributed by atoms with Crippen molar-refractivity contribution in [3.8, 4) is 0 Å². The molecule has 2 aliphatic heterocycles. The van der Waals surface area contributed by atoms with Crippen LogP contribution in [0.5, 0.6) is 0 Å². The van der Waals surface area contributed by atoms with Crippen LogP contribution >= 0.6 is 0 Å². The molecule has 0 spiro atoms. The largest absolute Gasteiger partial charge is 0.457 e. The lowest BCUT2D eigenvalue weighted by molar-refractivity contribution is -0.332. The zero-order valence-corrected chi connectivity index (χ0v) is 36.2. The number of carbonyl (C=O) groups is 1. The van der Waals surface area contributed by atoms with Crippen LogP contribution in [0.2, 0.25) is 0 Å². The van der Waals surface area contributed by atoms with E-state index < -0.39 is 86.7 Å². The van der Waals surface area contributed by atoms with Crippen molar-refractivity contribution in [2.24, 2.45) is 0 Å². The Hall–Kier alpha value is -2.31. The summed E-state index contributed by atoms with van der Waals surface area (Å²) in [6.07, 6.45) is 22.3. The lowest BCUT2D eigenvalue weighted by Gasteiger charge is -2.42. The van der Waals surface area contributed by atoms with Gasteiger partial charge in [0.05, 0.1) is 26.4 Å². The van der Waals surface area contributed by atoms with Gasteiger partial charge in [0, 0.05) is 13.0 Å². The minimum absolute atomic E-state index is 0.0472. The first-order valence-electron chi connectivity index (χ1n) is 22.4. The third-order valence-corrected chi connectivity index (χ3v) is 10.3. The molecular weight excluding hydrogens is 776 g/mol. The molecule has 14 nitrogen and oxygen atoms in total. The fourth-order valence-electron chi connectivity index (χ4n) is 6.60. The van der Waals surface area contributed by atoms with Gasteiger partial charge in [-0.15, -0.1) is 0 Å². The summed E-state index contributed by atoms with van der Waals surface area (Å²) in [6, 6.07) is 0. The molecule has 7 N–H and O–H groups in total. The highest BCUT2D eigenvalue weighted by molar-refractivity contribution is 5.69. The van der Waals surface area contributed by atoms with E-state index in [1.165, 1.54) is 6.42 Å². The van der Waals surface area contributed by atoms with Gasteiger partial charge in [-0.25, -0.2) is 0 Å². The number of carbonyl (C=O) groups excluding carboxylic acids is 1. The molecule has 60 heavy (non-hydrogen) atoms. The van der Waals surface area contributed by atoms with E-state index in [0.717, 1.165) is 89.9 Å². The summed E-state index contributed by atoms with van der Waals surface area (Å²) in [6.45, 7) is 3.36. The summed E-state index contributed by atoms with van der Waals surface area (Å²) in [7, 11) is 0. The molecule has 0 aromatic carbocycles. The van der Waals surface area contributed by atoms with E-state index in [9.17, 15) is 40.5 Å². The van der Waals surface area contributed by atoms with Crippen LogP contribution in [0.4, 0.5) is 0 Å². The quantitative estimate of drug-likeness (QED) is 0.0263. The zero-order chi connectivity index (χ0) is 43.8. The Bertz CT molecular complexity index is 1220. The van der Waals surface area contributed by atoms with E-state index in [1.807, 2.05) is 0 Å². The van der Waals surface area contributed by atoms with Gasteiger partial charge in [0.15, 0.2) is 12.6 Å². The van der Waals surface area contributed by atoms with Crippen LogP contribution in [0.25, 0.3) is 0 Å². The molecule has 346 valence electrons. The fraction of sp³-hybridized carbons (Fsp3) is 0.761. The normalized spacial score (nSPS) is 28.3. The molecule has 2 fully saturated rings. The average molecular weight is 855 g/mol. The number of allylic oxidation sites excluding steroid dienone is 10. The molecule has 2 rings (SSSR count). The van der Waals surface area contributed by atoms with Crippen LogP contribution in [0, 0.1) is 0 Å². The molecule has 0 saturated carbocycles. The summed E-state index contributed by atoms with van der Waals surface area (Å²) < 4.78 is 33.9. The Kier molecular flexibility index (Phi) is 30.7. The summed E-state index contributed by atoms with van der Waals surface area (Å²) in [4.78, 5) is 12.7. The van der Waals surface area contributed by atoms with Crippen LogP contribution < -0.4 is 0 Å². The van der Waals surface area contributed by atoms with Crippen molar-refractivity contribution in [2.45, 2.75) is 191 Å². The van der Waals surface area contributed by atoms with Crippen LogP contribution in [0.3, 0.4) is 0 Å². The maximum atomic E-state index is 12.7. The topological polar surface area (TPSA) is 214 Å². The summed E-state index contributed by atoms with van der Waals surface area (Å²) in [5, 5.41) is 71.6. The minimum atomic E-state index is -1.71. The first-order valence-corrected chi connectivity index (χ1v) is 22.4. The molecule has 11 unspecified atom stereocenters. The summed E-state index contributed by atoms with van der Waals surface area (Å²) >= 11 is 0. The van der Waals surface area contributed by atoms with Crippen molar-refractivity contribution in [1.82, 2.24) is 0 Å². The smallest absolute Gasteiger partial charge is 0.306 e. The number of ether oxygens (including phenoxy) is 6. The van der Waals surface area contributed by atoms with Gasteiger partial charge >= 0.3 is 5.97 Å². The number of hydrogen-bond donors (Lipinski definition) is 7. The molecule has 0 radical (unpaired) electrons. The maximum absolute atomic E-state index is 12.7. The monoisotopic (exact) mass is 855 g/mol. The van der Waals surface area contributed by atoms with E-state index in [-0.39, 0.29) is 19.6 Å². The summed E-state index contributed by atoms with van der Waals surface area (Å²) in [5.74, 6) is -0.403. The third kappa shape index (κ3) is 22.7. The number of rotatable bonds is 33. The highest BCUT2D eigenvalue weighted by atomic mass is 16.7. The Morgan fingerprint density at radius 1 is 0.567 bits per heavy atom. The second-order valence-electron chi connectivity index (χ2n) is 15.5. The van der Waals surface area contributed by atoms with E-state index in [2.05, 4.69) is 74.6 Å².